The van der Waals surface area contributed by atoms with Crippen LogP contribution < -0.4 is 5.73 Å². The van der Waals surface area contributed by atoms with Crippen LogP contribution in [-0.2, 0) is 4.79 Å². The molecule has 4 nitrogen and oxygen atoms in total. The van der Waals surface area contributed by atoms with Gasteiger partial charge in [0.2, 0.25) is 5.91 Å². The van der Waals surface area contributed by atoms with Crippen LogP contribution in [0.25, 0.3) is 11.1 Å². The molecule has 0 spiro atoms. The highest BCUT2D eigenvalue weighted by Crippen LogP contribution is 2.36. The van der Waals surface area contributed by atoms with Gasteiger partial charge in [-0.2, -0.15) is 0 Å². The molecule has 0 unspecified atom stereocenters. The number of thioether (sulfide) groups is 1. The van der Waals surface area contributed by atoms with Gasteiger partial charge in [-0.1, -0.05) is 24.3 Å². The molecular formula is C15H11FN2O2S. The Balaban J connectivity index is 1.91. The Hall–Kier alpha value is -2.34. The lowest BCUT2D eigenvalue weighted by atomic mass is 10.1. The number of amides is 1. The number of benzene rings is 2. The third kappa shape index (κ3) is 2.90. The van der Waals surface area contributed by atoms with Crippen molar-refractivity contribution in [2.45, 2.75) is 10.5 Å². The highest BCUT2D eigenvalue weighted by Gasteiger charge is 2.22. The van der Waals surface area contributed by atoms with Gasteiger partial charge >= 0.3 is 0 Å². The Kier molecular flexibility index (Phi) is 3.62. The summed E-state index contributed by atoms with van der Waals surface area (Å²) in [4.78, 5) is 15.9. The molecule has 0 saturated carbocycles. The Morgan fingerprint density at radius 3 is 2.57 bits per heavy atom. The van der Waals surface area contributed by atoms with E-state index in [-0.39, 0.29) is 5.82 Å². The van der Waals surface area contributed by atoms with Crippen LogP contribution in [0.5, 0.6) is 0 Å². The van der Waals surface area contributed by atoms with Crippen LogP contribution in [0, 0.1) is 5.82 Å². The quantitative estimate of drug-likeness (QED) is 0.751. The maximum absolute atomic E-state index is 13.0. The fraction of sp³-hybridized carbons (Fsp3) is 0.0667. The van der Waals surface area contributed by atoms with Gasteiger partial charge in [-0.3, -0.25) is 4.79 Å². The number of hydrogen-bond donors (Lipinski definition) is 1. The predicted molar refractivity (Wildman–Crippen MR) is 78.2 cm³/mol. The molecule has 1 atom stereocenters. The number of rotatable bonds is 4. The molecule has 1 amide bonds. The maximum atomic E-state index is 13.0. The number of para-hydroxylation sites is 2. The molecule has 3 aromatic rings. The van der Waals surface area contributed by atoms with Gasteiger partial charge < -0.3 is 10.2 Å². The SMILES string of the molecule is NC(=O)[C@@H](Sc1nc2ccccc2o1)c1ccc(F)cc1. The van der Waals surface area contributed by atoms with Crippen LogP contribution in [-0.4, -0.2) is 10.9 Å². The minimum Gasteiger partial charge on any atom is -0.431 e. The number of carbonyl (C=O) groups excluding carboxylic acids is 1. The molecule has 0 radical (unpaired) electrons. The van der Waals surface area contributed by atoms with Crippen molar-refractivity contribution < 1.29 is 13.6 Å². The number of halogens is 1. The molecule has 0 aliphatic rings. The zero-order valence-electron chi connectivity index (χ0n) is 10.8. The molecule has 21 heavy (non-hydrogen) atoms. The molecule has 0 fully saturated rings. The van der Waals surface area contributed by atoms with Crippen molar-refractivity contribution in [3.05, 3.63) is 59.9 Å². The zero-order chi connectivity index (χ0) is 14.8. The number of carbonyl (C=O) groups is 1. The van der Waals surface area contributed by atoms with E-state index in [2.05, 4.69) is 4.98 Å². The fourth-order valence-electron chi connectivity index (χ4n) is 1.93. The lowest BCUT2D eigenvalue weighted by Crippen LogP contribution is -2.18. The summed E-state index contributed by atoms with van der Waals surface area (Å²) in [6, 6.07) is 12.9. The van der Waals surface area contributed by atoms with Crippen LogP contribution >= 0.6 is 11.8 Å². The molecule has 2 N–H and O–H groups in total. The van der Waals surface area contributed by atoms with E-state index in [1.807, 2.05) is 18.2 Å². The lowest BCUT2D eigenvalue weighted by molar-refractivity contribution is -0.117. The van der Waals surface area contributed by atoms with Gasteiger partial charge in [0.1, 0.15) is 16.6 Å². The van der Waals surface area contributed by atoms with Crippen molar-refractivity contribution in [2.24, 2.45) is 5.73 Å². The third-order valence-electron chi connectivity index (χ3n) is 2.92. The van der Waals surface area contributed by atoms with E-state index in [1.165, 1.54) is 24.3 Å². The summed E-state index contributed by atoms with van der Waals surface area (Å²) >= 11 is 1.11. The van der Waals surface area contributed by atoms with Crippen LogP contribution in [0.3, 0.4) is 0 Å². The van der Waals surface area contributed by atoms with E-state index in [1.54, 1.807) is 6.07 Å². The van der Waals surface area contributed by atoms with Crippen LogP contribution in [0.15, 0.2) is 58.2 Å². The first kappa shape index (κ1) is 13.6. The highest BCUT2D eigenvalue weighted by molar-refractivity contribution is 8.00. The summed E-state index contributed by atoms with van der Waals surface area (Å²) in [6.07, 6.45) is 0. The van der Waals surface area contributed by atoms with Crippen molar-refractivity contribution in [1.82, 2.24) is 4.98 Å². The topological polar surface area (TPSA) is 69.1 Å². The van der Waals surface area contributed by atoms with Gasteiger partial charge in [0.25, 0.3) is 5.22 Å². The number of fused-ring (bicyclic) bond motifs is 1. The van der Waals surface area contributed by atoms with E-state index in [9.17, 15) is 9.18 Å². The number of hydrogen-bond acceptors (Lipinski definition) is 4. The number of oxazole rings is 1. The monoisotopic (exact) mass is 302 g/mol. The summed E-state index contributed by atoms with van der Waals surface area (Å²) in [5, 5.41) is -0.331. The minimum absolute atomic E-state index is 0.351. The van der Waals surface area contributed by atoms with Gasteiger partial charge in [0.05, 0.1) is 0 Å². The summed E-state index contributed by atoms with van der Waals surface area (Å²) < 4.78 is 18.5. The van der Waals surface area contributed by atoms with Crippen molar-refractivity contribution >= 4 is 28.8 Å². The number of nitrogens with zero attached hydrogens (tertiary/aromatic N) is 1. The van der Waals surface area contributed by atoms with Crippen molar-refractivity contribution in [1.29, 1.82) is 0 Å². The first-order valence-electron chi connectivity index (χ1n) is 6.20. The smallest absolute Gasteiger partial charge is 0.257 e. The lowest BCUT2D eigenvalue weighted by Gasteiger charge is -2.10. The van der Waals surface area contributed by atoms with E-state index < -0.39 is 11.2 Å². The van der Waals surface area contributed by atoms with Crippen LogP contribution in [0.4, 0.5) is 4.39 Å². The molecule has 0 bridgehead atoms. The highest BCUT2D eigenvalue weighted by atomic mass is 32.2. The van der Waals surface area contributed by atoms with Crippen molar-refractivity contribution in [3.63, 3.8) is 0 Å². The minimum atomic E-state index is -0.682. The number of primary amides is 1. The number of aromatic nitrogens is 1. The molecule has 1 heterocycles. The molecule has 3 rings (SSSR count). The number of nitrogens with two attached hydrogens (primary N) is 1. The Morgan fingerprint density at radius 1 is 1.19 bits per heavy atom. The molecule has 0 aliphatic heterocycles. The first-order chi connectivity index (χ1) is 10.1. The van der Waals surface area contributed by atoms with Gasteiger partial charge in [0.15, 0.2) is 5.58 Å². The normalized spacial score (nSPS) is 12.4. The standard InChI is InChI=1S/C15H11FN2O2S/c16-10-7-5-9(6-8-10)13(14(17)19)21-15-18-11-3-1-2-4-12(11)20-15/h1-8,13H,(H2,17,19)/t13-/m0/s1. The Morgan fingerprint density at radius 2 is 1.90 bits per heavy atom. The zero-order valence-corrected chi connectivity index (χ0v) is 11.6. The van der Waals surface area contributed by atoms with Crippen molar-refractivity contribution in [2.75, 3.05) is 0 Å². The van der Waals surface area contributed by atoms with E-state index >= 15 is 0 Å². The van der Waals surface area contributed by atoms with Gasteiger partial charge in [0, 0.05) is 0 Å². The molecule has 1 aromatic heterocycles. The average Bonchev–Trinajstić information content (AvgIpc) is 2.88. The van der Waals surface area contributed by atoms with Gasteiger partial charge in [-0.25, -0.2) is 9.37 Å². The summed E-state index contributed by atoms with van der Waals surface area (Å²) in [6.45, 7) is 0. The van der Waals surface area contributed by atoms with E-state index in [4.69, 9.17) is 10.2 Å². The van der Waals surface area contributed by atoms with Crippen LogP contribution in [0.1, 0.15) is 10.8 Å². The summed E-state index contributed by atoms with van der Waals surface area (Å²) in [5.74, 6) is -0.900. The first-order valence-corrected chi connectivity index (χ1v) is 7.08. The van der Waals surface area contributed by atoms with E-state index in [0.29, 0.717) is 21.9 Å². The summed E-state index contributed by atoms with van der Waals surface area (Å²) in [5.41, 5.74) is 7.38. The van der Waals surface area contributed by atoms with Crippen molar-refractivity contribution in [3.8, 4) is 0 Å². The van der Waals surface area contributed by atoms with Crippen LogP contribution in [0.2, 0.25) is 0 Å². The second-order valence-corrected chi connectivity index (χ2v) is 5.46. The molecule has 2 aromatic carbocycles. The largest absolute Gasteiger partial charge is 0.431 e. The van der Waals surface area contributed by atoms with Gasteiger partial charge in [-0.15, -0.1) is 0 Å². The Labute approximate surface area is 124 Å². The molecule has 6 heteroatoms. The average molecular weight is 302 g/mol. The molecular weight excluding hydrogens is 291 g/mol. The predicted octanol–water partition coefficient (Wildman–Crippen LogP) is 3.29. The maximum Gasteiger partial charge on any atom is 0.257 e. The molecule has 0 saturated heterocycles. The Bertz CT molecular complexity index is 753. The van der Waals surface area contributed by atoms with Gasteiger partial charge in [-0.05, 0) is 41.6 Å². The summed E-state index contributed by atoms with van der Waals surface area (Å²) in [7, 11) is 0. The third-order valence-corrected chi connectivity index (χ3v) is 4.04. The molecule has 0 aliphatic carbocycles. The van der Waals surface area contributed by atoms with E-state index in [0.717, 1.165) is 11.8 Å². The fourth-order valence-corrected chi connectivity index (χ4v) is 2.83. The second kappa shape index (κ2) is 5.57. The molecule has 106 valence electrons. The second-order valence-electron chi connectivity index (χ2n) is 4.40.